The van der Waals surface area contributed by atoms with Crippen LogP contribution in [0.3, 0.4) is 0 Å². The van der Waals surface area contributed by atoms with Crippen molar-refractivity contribution in [3.8, 4) is 5.75 Å². The molecule has 1 aliphatic heterocycles. The highest BCUT2D eigenvalue weighted by molar-refractivity contribution is 6.36. The van der Waals surface area contributed by atoms with Gasteiger partial charge >= 0.3 is 5.69 Å². The van der Waals surface area contributed by atoms with Crippen LogP contribution in [0, 0.1) is 10.1 Å². The van der Waals surface area contributed by atoms with Gasteiger partial charge in [0.2, 0.25) is 5.75 Å². The first-order valence-corrected chi connectivity index (χ1v) is 7.83. The van der Waals surface area contributed by atoms with E-state index in [1.807, 2.05) is 0 Å². The van der Waals surface area contributed by atoms with Crippen molar-refractivity contribution in [2.45, 2.75) is 0 Å². The smallest absolute Gasteiger partial charge is 0.311 e. The van der Waals surface area contributed by atoms with Crippen molar-refractivity contribution < 1.29 is 19.6 Å². The predicted octanol–water partition coefficient (Wildman–Crippen LogP) is 3.07. The molecule has 2 N–H and O–H groups in total. The quantitative estimate of drug-likeness (QED) is 0.360. The van der Waals surface area contributed by atoms with E-state index in [0.29, 0.717) is 0 Å². The van der Waals surface area contributed by atoms with Gasteiger partial charge < -0.3 is 5.11 Å². The van der Waals surface area contributed by atoms with Crippen LogP contribution in [-0.2, 0) is 9.59 Å². The minimum atomic E-state index is -0.770. The highest BCUT2D eigenvalue weighted by atomic mass is 35.5. The summed E-state index contributed by atoms with van der Waals surface area (Å²) in [6.07, 6.45) is 1.08. The van der Waals surface area contributed by atoms with Crippen LogP contribution in [-0.4, -0.2) is 21.8 Å². The molecule has 1 saturated heterocycles. The number of aromatic hydroxyl groups is 1. The first-order valence-electron chi connectivity index (χ1n) is 7.07. The average molecular weight is 394 g/mol. The third kappa shape index (κ3) is 3.19. The SMILES string of the molecule is O=C1NN(c2cc(Cl)cc(Cl)c2)C(=O)C1=Cc1cccc([N+](=O)[O-])c1O. The maximum atomic E-state index is 12.5. The molecule has 0 saturated carbocycles. The Morgan fingerprint density at radius 1 is 1.15 bits per heavy atom. The van der Waals surface area contributed by atoms with E-state index >= 15 is 0 Å². The van der Waals surface area contributed by atoms with Crippen LogP contribution in [0.2, 0.25) is 10.0 Å². The van der Waals surface area contributed by atoms with Crippen LogP contribution in [0.15, 0.2) is 42.0 Å². The van der Waals surface area contributed by atoms with E-state index < -0.39 is 28.2 Å². The van der Waals surface area contributed by atoms with E-state index in [0.717, 1.165) is 17.2 Å². The summed E-state index contributed by atoms with van der Waals surface area (Å²) in [5.41, 5.74) is 1.70. The number of para-hydroxylation sites is 1. The van der Waals surface area contributed by atoms with Gasteiger partial charge in [-0.3, -0.25) is 25.1 Å². The summed E-state index contributed by atoms with van der Waals surface area (Å²) in [6.45, 7) is 0. The Morgan fingerprint density at radius 2 is 1.81 bits per heavy atom. The number of carbonyl (C=O) groups excluding carboxylic acids is 2. The van der Waals surface area contributed by atoms with Gasteiger partial charge in [-0.15, -0.1) is 0 Å². The molecular formula is C16H9Cl2N3O5. The van der Waals surface area contributed by atoms with Crippen LogP contribution < -0.4 is 10.4 Å². The summed E-state index contributed by atoms with van der Waals surface area (Å²) in [5, 5.41) is 22.3. The average Bonchev–Trinajstić information content (AvgIpc) is 2.83. The van der Waals surface area contributed by atoms with Gasteiger partial charge in [0.25, 0.3) is 11.8 Å². The third-order valence-corrected chi connectivity index (χ3v) is 3.98. The number of benzene rings is 2. The standard InChI is InChI=1S/C16H9Cl2N3O5/c17-9-5-10(18)7-11(6-9)20-16(24)12(15(23)19-20)4-8-2-1-3-13(14(8)22)21(25)26/h1-7,22H,(H,19,23). The maximum Gasteiger partial charge on any atom is 0.311 e. The van der Waals surface area contributed by atoms with Gasteiger partial charge in [-0.25, -0.2) is 5.01 Å². The second kappa shape index (κ2) is 6.66. The fraction of sp³-hybridized carbons (Fsp3) is 0. The largest absolute Gasteiger partial charge is 0.502 e. The lowest BCUT2D eigenvalue weighted by molar-refractivity contribution is -0.385. The molecule has 10 heteroatoms. The number of halogens is 2. The van der Waals surface area contributed by atoms with Crippen molar-refractivity contribution in [3.63, 3.8) is 0 Å². The molecule has 0 unspecified atom stereocenters. The van der Waals surface area contributed by atoms with E-state index in [1.54, 1.807) is 0 Å². The Hall–Kier alpha value is -3.10. The summed E-state index contributed by atoms with van der Waals surface area (Å²) in [7, 11) is 0. The Morgan fingerprint density at radius 3 is 2.42 bits per heavy atom. The molecule has 2 aromatic carbocycles. The monoisotopic (exact) mass is 393 g/mol. The number of phenols is 1. The van der Waals surface area contributed by atoms with Crippen LogP contribution in [0.25, 0.3) is 6.08 Å². The van der Waals surface area contributed by atoms with Crippen molar-refractivity contribution in [2.24, 2.45) is 0 Å². The molecular weight excluding hydrogens is 385 g/mol. The molecule has 0 atom stereocenters. The molecule has 8 nitrogen and oxygen atoms in total. The summed E-state index contributed by atoms with van der Waals surface area (Å²) < 4.78 is 0. The number of nitrogens with one attached hydrogen (secondary N) is 1. The molecule has 2 amide bonds. The highest BCUT2D eigenvalue weighted by Crippen LogP contribution is 2.32. The Bertz CT molecular complexity index is 970. The lowest BCUT2D eigenvalue weighted by atomic mass is 10.1. The minimum Gasteiger partial charge on any atom is -0.502 e. The second-order valence-electron chi connectivity index (χ2n) is 5.24. The number of nitro groups is 1. The van der Waals surface area contributed by atoms with Gasteiger partial charge in [-0.05, 0) is 24.3 Å². The van der Waals surface area contributed by atoms with E-state index in [9.17, 15) is 24.8 Å². The van der Waals surface area contributed by atoms with Crippen LogP contribution >= 0.6 is 23.2 Å². The number of hydrazine groups is 1. The minimum absolute atomic E-state index is 0.0383. The van der Waals surface area contributed by atoms with E-state index in [2.05, 4.69) is 5.43 Å². The van der Waals surface area contributed by atoms with Gasteiger partial charge in [0.1, 0.15) is 5.57 Å². The molecule has 3 rings (SSSR count). The normalized spacial score (nSPS) is 15.5. The molecule has 0 bridgehead atoms. The summed E-state index contributed by atoms with van der Waals surface area (Å²) >= 11 is 11.8. The number of hydrogen-bond acceptors (Lipinski definition) is 5. The number of rotatable bonds is 3. The summed E-state index contributed by atoms with van der Waals surface area (Å²) in [4.78, 5) is 34.8. The van der Waals surface area contributed by atoms with Crippen molar-refractivity contribution in [1.29, 1.82) is 0 Å². The molecule has 1 aliphatic rings. The molecule has 0 aliphatic carbocycles. The number of anilines is 1. The maximum absolute atomic E-state index is 12.5. The third-order valence-electron chi connectivity index (χ3n) is 3.54. The molecule has 1 fully saturated rings. The summed E-state index contributed by atoms with van der Waals surface area (Å²) in [6, 6.07) is 8.10. The molecule has 132 valence electrons. The van der Waals surface area contributed by atoms with Gasteiger partial charge in [0, 0.05) is 21.7 Å². The van der Waals surface area contributed by atoms with Gasteiger partial charge in [0.15, 0.2) is 0 Å². The highest BCUT2D eigenvalue weighted by Gasteiger charge is 2.35. The number of nitrogens with zero attached hydrogens (tertiary/aromatic N) is 2. The van der Waals surface area contributed by atoms with Crippen molar-refractivity contribution >= 4 is 52.5 Å². The molecule has 1 heterocycles. The number of carbonyl (C=O) groups is 2. The van der Waals surface area contributed by atoms with Crippen LogP contribution in [0.1, 0.15) is 5.56 Å². The van der Waals surface area contributed by atoms with Crippen LogP contribution in [0.4, 0.5) is 11.4 Å². The zero-order valence-electron chi connectivity index (χ0n) is 12.8. The number of phenolic OH excluding ortho intramolecular Hbond substituents is 1. The predicted molar refractivity (Wildman–Crippen MR) is 94.8 cm³/mol. The van der Waals surface area contributed by atoms with Crippen molar-refractivity contribution in [1.82, 2.24) is 5.43 Å². The molecule has 0 radical (unpaired) electrons. The first-order chi connectivity index (χ1) is 12.3. The van der Waals surface area contributed by atoms with E-state index in [-0.39, 0.29) is 26.9 Å². The second-order valence-corrected chi connectivity index (χ2v) is 6.11. The first kappa shape index (κ1) is 17.7. The fourth-order valence-corrected chi connectivity index (χ4v) is 2.89. The number of hydrogen-bond donors (Lipinski definition) is 2. The van der Waals surface area contributed by atoms with E-state index in [4.69, 9.17) is 23.2 Å². The lowest BCUT2D eigenvalue weighted by Gasteiger charge is -2.15. The zero-order valence-corrected chi connectivity index (χ0v) is 14.3. The summed E-state index contributed by atoms with van der Waals surface area (Å²) in [5.74, 6) is -2.11. The van der Waals surface area contributed by atoms with Crippen LogP contribution in [0.5, 0.6) is 5.75 Å². The van der Waals surface area contributed by atoms with Gasteiger partial charge in [-0.2, -0.15) is 0 Å². The molecule has 0 aromatic heterocycles. The Labute approximate surface area is 156 Å². The van der Waals surface area contributed by atoms with Gasteiger partial charge in [-0.1, -0.05) is 35.3 Å². The molecule has 2 aromatic rings. The number of nitro benzene ring substituents is 1. The lowest BCUT2D eigenvalue weighted by Crippen LogP contribution is -2.35. The molecule has 0 spiro atoms. The van der Waals surface area contributed by atoms with E-state index in [1.165, 1.54) is 30.3 Å². The van der Waals surface area contributed by atoms with Crippen molar-refractivity contribution in [3.05, 3.63) is 67.7 Å². The number of amides is 2. The van der Waals surface area contributed by atoms with Gasteiger partial charge in [0.05, 0.1) is 10.6 Å². The Balaban J connectivity index is 2.01. The zero-order chi connectivity index (χ0) is 19.0. The fourth-order valence-electron chi connectivity index (χ4n) is 2.38. The Kier molecular flexibility index (Phi) is 4.54. The molecule has 26 heavy (non-hydrogen) atoms. The van der Waals surface area contributed by atoms with Crippen molar-refractivity contribution in [2.75, 3.05) is 5.01 Å². The topological polar surface area (TPSA) is 113 Å².